The maximum Gasteiger partial charge on any atom is 0.175 e. The van der Waals surface area contributed by atoms with E-state index in [1.54, 1.807) is 37.7 Å². The van der Waals surface area contributed by atoms with Crippen LogP contribution in [0.2, 0.25) is 0 Å². The van der Waals surface area contributed by atoms with Crippen molar-refractivity contribution < 1.29 is 9.47 Å². The predicted octanol–water partition coefficient (Wildman–Crippen LogP) is 4.91. The Balaban J connectivity index is 2.18. The van der Waals surface area contributed by atoms with Crippen LogP contribution in [0, 0.1) is 33.5 Å². The number of nitrogens with zero attached hydrogens (tertiary/aromatic N) is 3. The summed E-state index contributed by atoms with van der Waals surface area (Å²) in [6.45, 7) is 4.29. The monoisotopic (exact) mass is 458 g/mol. The molecule has 0 radical (unpaired) electrons. The Morgan fingerprint density at radius 3 is 2.19 bits per heavy atom. The zero-order chi connectivity index (χ0) is 22.7. The third-order valence-corrected chi connectivity index (χ3v) is 9.56. The Morgan fingerprint density at radius 2 is 1.71 bits per heavy atom. The summed E-state index contributed by atoms with van der Waals surface area (Å²) in [6.07, 6.45) is 4.14. The molecule has 3 rings (SSSR count). The molecule has 3 unspecified atom stereocenters. The van der Waals surface area contributed by atoms with Crippen LogP contribution >= 0.6 is 23.5 Å². The number of hydrogen-bond donors (Lipinski definition) is 1. The van der Waals surface area contributed by atoms with Crippen molar-refractivity contribution >= 4 is 29.4 Å². The van der Waals surface area contributed by atoms with E-state index in [1.807, 2.05) is 18.2 Å². The Morgan fingerprint density at radius 1 is 1.06 bits per heavy atom. The van der Waals surface area contributed by atoms with Crippen LogP contribution in [0.1, 0.15) is 51.0 Å². The van der Waals surface area contributed by atoms with Crippen LogP contribution < -0.4 is 15.2 Å². The fourth-order valence-electron chi connectivity index (χ4n) is 4.67. The number of unbranched alkanes of at least 4 members (excludes halogenated alkanes) is 2. The summed E-state index contributed by atoms with van der Waals surface area (Å²) >= 11 is 3.34. The molecule has 0 bridgehead atoms. The highest BCUT2D eigenvalue weighted by Crippen LogP contribution is 2.86. The number of hydrogen-bond acceptors (Lipinski definition) is 8. The summed E-state index contributed by atoms with van der Waals surface area (Å²) in [4.78, 5) is 4.86. The highest BCUT2D eigenvalue weighted by molar-refractivity contribution is 8.18. The molecule has 1 aromatic carbocycles. The zero-order valence-corrected chi connectivity index (χ0v) is 20.2. The van der Waals surface area contributed by atoms with Crippen molar-refractivity contribution in [2.24, 2.45) is 21.6 Å². The van der Waals surface area contributed by atoms with Crippen LogP contribution in [0.3, 0.4) is 0 Å². The number of para-hydroxylation sites is 1. The quantitative estimate of drug-likeness (QED) is 0.371. The van der Waals surface area contributed by atoms with Gasteiger partial charge in [-0.25, -0.2) is 4.99 Å². The second kappa shape index (κ2) is 9.22. The molecule has 3 atom stereocenters. The zero-order valence-electron chi connectivity index (χ0n) is 18.6. The number of ether oxygens (including phenoxy) is 2. The molecule has 1 aliphatic heterocycles. The number of rotatable bonds is 11. The first-order valence-corrected chi connectivity index (χ1v) is 12.6. The molecule has 1 fully saturated rings. The molecule has 0 amide bonds. The lowest BCUT2D eigenvalue weighted by Crippen LogP contribution is -2.32. The molecular formula is C23H30N4O2S2. The van der Waals surface area contributed by atoms with Gasteiger partial charge in [0.05, 0.1) is 26.4 Å². The van der Waals surface area contributed by atoms with Gasteiger partial charge in [-0.2, -0.15) is 10.5 Å². The Labute approximate surface area is 193 Å². The van der Waals surface area contributed by atoms with Crippen LogP contribution in [0.4, 0.5) is 0 Å². The molecule has 1 aliphatic carbocycles. The fraction of sp³-hybridized carbons (Fsp3) is 0.609. The number of nitriles is 2. The van der Waals surface area contributed by atoms with Crippen molar-refractivity contribution in [3.63, 3.8) is 0 Å². The minimum Gasteiger partial charge on any atom is -0.493 e. The molecule has 1 saturated carbocycles. The SMILES string of the molecule is CCCCSC1(SCCCC)N=C(N)C2(C#N)C(c3cccc(OC)c3OC)C12C#N. The summed E-state index contributed by atoms with van der Waals surface area (Å²) in [5, 5.41) is 21.0. The lowest BCUT2D eigenvalue weighted by molar-refractivity contribution is 0.350. The number of amidine groups is 1. The number of fused-ring (bicyclic) bond motifs is 1. The standard InChI is InChI=1S/C23H30N4O2S2/c1-5-7-12-30-23(31-13-8-6-2)22(15-25)19(21(22,14-24)20(26)27-23)16-10-9-11-17(28-3)18(16)29-4/h9-11,19H,5-8,12-13H2,1-4H3,(H2,26,27). The van der Waals surface area contributed by atoms with Gasteiger partial charge in [-0.15, -0.1) is 23.5 Å². The Bertz CT molecular complexity index is 928. The molecule has 0 spiro atoms. The molecule has 1 heterocycles. The highest BCUT2D eigenvalue weighted by Gasteiger charge is 2.92. The summed E-state index contributed by atoms with van der Waals surface area (Å²) in [5.41, 5.74) is 5.03. The van der Waals surface area contributed by atoms with Gasteiger partial charge in [0.1, 0.15) is 16.7 Å². The normalized spacial score (nSPS) is 27.5. The van der Waals surface area contributed by atoms with E-state index in [2.05, 4.69) is 26.0 Å². The Hall–Kier alpha value is -2.03. The van der Waals surface area contributed by atoms with Gasteiger partial charge in [-0.3, -0.25) is 0 Å². The van der Waals surface area contributed by atoms with Crippen LogP contribution in [-0.2, 0) is 0 Å². The van der Waals surface area contributed by atoms with Crippen LogP contribution in [0.25, 0.3) is 0 Å². The van der Waals surface area contributed by atoms with Crippen molar-refractivity contribution in [3.05, 3.63) is 23.8 Å². The van der Waals surface area contributed by atoms with Gasteiger partial charge in [-0.1, -0.05) is 38.8 Å². The van der Waals surface area contributed by atoms with Crippen molar-refractivity contribution in [1.82, 2.24) is 0 Å². The second-order valence-electron chi connectivity index (χ2n) is 7.84. The summed E-state index contributed by atoms with van der Waals surface area (Å²) in [5.74, 6) is 2.68. The fourth-order valence-corrected chi connectivity index (χ4v) is 8.36. The molecule has 6 nitrogen and oxygen atoms in total. The maximum atomic E-state index is 10.6. The average molecular weight is 459 g/mol. The summed E-state index contributed by atoms with van der Waals surface area (Å²) < 4.78 is 10.3. The number of benzene rings is 1. The van der Waals surface area contributed by atoms with E-state index in [0.717, 1.165) is 42.8 Å². The molecule has 0 aromatic heterocycles. The van der Waals surface area contributed by atoms with Crippen molar-refractivity contribution in [2.75, 3.05) is 25.7 Å². The lowest BCUT2D eigenvalue weighted by atomic mass is 9.97. The number of thioether (sulfide) groups is 2. The van der Waals surface area contributed by atoms with Crippen molar-refractivity contribution in [1.29, 1.82) is 10.5 Å². The van der Waals surface area contributed by atoms with Crippen LogP contribution in [0.5, 0.6) is 11.5 Å². The van der Waals surface area contributed by atoms with Crippen molar-refractivity contribution in [3.8, 4) is 23.6 Å². The Kier molecular flexibility index (Phi) is 7.03. The number of methoxy groups -OCH3 is 2. The molecule has 2 aliphatic rings. The van der Waals surface area contributed by atoms with Gasteiger partial charge in [0.25, 0.3) is 0 Å². The van der Waals surface area contributed by atoms with E-state index in [9.17, 15) is 10.5 Å². The highest BCUT2D eigenvalue weighted by atomic mass is 32.2. The van der Waals surface area contributed by atoms with E-state index in [4.69, 9.17) is 20.2 Å². The largest absolute Gasteiger partial charge is 0.493 e. The van der Waals surface area contributed by atoms with Gasteiger partial charge in [0.15, 0.2) is 15.7 Å². The molecule has 31 heavy (non-hydrogen) atoms. The minimum atomic E-state index is -1.17. The second-order valence-corrected chi connectivity index (χ2v) is 10.7. The molecule has 0 saturated heterocycles. The average Bonchev–Trinajstić information content (AvgIpc) is 3.36. The van der Waals surface area contributed by atoms with Crippen LogP contribution in [-0.4, -0.2) is 35.8 Å². The van der Waals surface area contributed by atoms with Crippen molar-refractivity contribution in [2.45, 2.75) is 49.7 Å². The first kappa shape index (κ1) is 23.6. The van der Waals surface area contributed by atoms with E-state index >= 15 is 0 Å². The molecule has 1 aromatic rings. The lowest BCUT2D eigenvalue weighted by Gasteiger charge is -2.32. The first-order chi connectivity index (χ1) is 15.0. The van der Waals surface area contributed by atoms with Crippen LogP contribution in [0.15, 0.2) is 23.2 Å². The molecular weight excluding hydrogens is 428 g/mol. The van der Waals surface area contributed by atoms with Gasteiger partial charge in [0, 0.05) is 11.5 Å². The maximum absolute atomic E-state index is 10.6. The first-order valence-electron chi connectivity index (χ1n) is 10.7. The third-order valence-electron chi connectivity index (χ3n) is 6.26. The van der Waals surface area contributed by atoms with E-state index in [0.29, 0.717) is 11.5 Å². The van der Waals surface area contributed by atoms with E-state index in [-0.39, 0.29) is 5.84 Å². The van der Waals surface area contributed by atoms with Gasteiger partial charge in [0.2, 0.25) is 0 Å². The number of aliphatic imine (C=N–C) groups is 1. The van der Waals surface area contributed by atoms with Gasteiger partial charge >= 0.3 is 0 Å². The van der Waals surface area contributed by atoms with Gasteiger partial charge < -0.3 is 15.2 Å². The number of nitrogens with two attached hydrogens (primary N) is 1. The molecule has 166 valence electrons. The summed E-state index contributed by atoms with van der Waals surface area (Å²) in [6, 6.07) is 10.6. The molecule has 2 N–H and O–H groups in total. The van der Waals surface area contributed by atoms with Gasteiger partial charge in [-0.05, 0) is 30.4 Å². The summed E-state index contributed by atoms with van der Waals surface area (Å²) in [7, 11) is 3.16. The smallest absolute Gasteiger partial charge is 0.175 e. The topological polar surface area (TPSA) is 104 Å². The minimum absolute atomic E-state index is 0.263. The third kappa shape index (κ3) is 3.18. The molecule has 8 heteroatoms. The predicted molar refractivity (Wildman–Crippen MR) is 127 cm³/mol. The van der Waals surface area contributed by atoms with E-state index in [1.165, 1.54) is 0 Å². The van der Waals surface area contributed by atoms with E-state index < -0.39 is 21.0 Å².